The minimum Gasteiger partial charge on any atom is -0.478 e. The highest BCUT2D eigenvalue weighted by atomic mass is 19.4. The Balaban J connectivity index is 2.09. The predicted octanol–water partition coefficient (Wildman–Crippen LogP) is 4.46. The molecule has 0 saturated heterocycles. The summed E-state index contributed by atoms with van der Waals surface area (Å²) in [6.45, 7) is 3.10. The lowest BCUT2D eigenvalue weighted by Crippen LogP contribution is -2.27. The molecule has 146 valence electrons. The number of nitrogens with zero attached hydrogens (tertiary/aromatic N) is 1. The second kappa shape index (κ2) is 7.85. The Morgan fingerprint density at radius 3 is 2.44 bits per heavy atom. The van der Waals surface area contributed by atoms with Crippen molar-refractivity contribution < 1.29 is 32.3 Å². The van der Waals surface area contributed by atoms with Gasteiger partial charge in [0.2, 0.25) is 5.91 Å². The van der Waals surface area contributed by atoms with E-state index in [1.165, 1.54) is 43.1 Å². The van der Waals surface area contributed by atoms with Crippen molar-refractivity contribution in [3.8, 4) is 0 Å². The zero-order chi connectivity index (χ0) is 20.4. The number of carboxylic acid groups (broad SMARTS) is 1. The highest BCUT2D eigenvalue weighted by Crippen LogP contribution is 2.36. The lowest BCUT2D eigenvalue weighted by Gasteiger charge is -2.21. The van der Waals surface area contributed by atoms with Crippen molar-refractivity contribution in [1.82, 2.24) is 4.90 Å². The number of amides is 1. The third-order valence-electron chi connectivity index (χ3n) is 4.30. The molecule has 0 bridgehead atoms. The zero-order valence-corrected chi connectivity index (χ0v) is 15.1. The van der Waals surface area contributed by atoms with Gasteiger partial charge in [0.1, 0.15) is 17.1 Å². The van der Waals surface area contributed by atoms with Crippen LogP contribution in [0.15, 0.2) is 34.7 Å². The molecular formula is C19H20F3NO4. The number of benzene rings is 1. The van der Waals surface area contributed by atoms with Gasteiger partial charge in [-0.15, -0.1) is 0 Å². The molecule has 0 fully saturated rings. The van der Waals surface area contributed by atoms with Crippen LogP contribution in [0.2, 0.25) is 0 Å². The molecular weight excluding hydrogens is 363 g/mol. The molecule has 0 spiro atoms. The number of hydrogen-bond acceptors (Lipinski definition) is 3. The SMILES string of the molecule is Cc1oc(CN(C)C(=O)CC(C)c2ccccc2C(F)(F)F)cc1C(=O)O. The quantitative estimate of drug-likeness (QED) is 0.800. The van der Waals surface area contributed by atoms with E-state index in [4.69, 9.17) is 9.52 Å². The summed E-state index contributed by atoms with van der Waals surface area (Å²) in [5, 5.41) is 9.03. The molecule has 0 aliphatic carbocycles. The van der Waals surface area contributed by atoms with Gasteiger partial charge in [-0.1, -0.05) is 25.1 Å². The Hall–Kier alpha value is -2.77. The van der Waals surface area contributed by atoms with E-state index < -0.39 is 23.6 Å². The Bertz CT molecular complexity index is 842. The number of hydrogen-bond donors (Lipinski definition) is 1. The van der Waals surface area contributed by atoms with E-state index in [1.807, 2.05) is 0 Å². The Morgan fingerprint density at radius 1 is 1.26 bits per heavy atom. The van der Waals surface area contributed by atoms with Crippen LogP contribution >= 0.6 is 0 Å². The maximum absolute atomic E-state index is 13.1. The van der Waals surface area contributed by atoms with Crippen LogP contribution < -0.4 is 0 Å². The van der Waals surface area contributed by atoms with Crippen LogP contribution in [0.1, 0.15) is 52.3 Å². The average molecular weight is 383 g/mol. The maximum atomic E-state index is 13.1. The topological polar surface area (TPSA) is 70.8 Å². The number of halogens is 3. The van der Waals surface area contributed by atoms with Gasteiger partial charge < -0.3 is 14.4 Å². The molecule has 0 radical (unpaired) electrons. The first kappa shape index (κ1) is 20.5. The normalized spacial score (nSPS) is 12.7. The molecule has 1 aromatic heterocycles. The van der Waals surface area contributed by atoms with E-state index in [9.17, 15) is 22.8 Å². The molecule has 27 heavy (non-hydrogen) atoms. The molecule has 1 atom stereocenters. The van der Waals surface area contributed by atoms with Crippen molar-refractivity contribution in [3.05, 3.63) is 58.5 Å². The van der Waals surface area contributed by atoms with Crippen LogP contribution in [0.5, 0.6) is 0 Å². The van der Waals surface area contributed by atoms with Crippen molar-refractivity contribution in [2.24, 2.45) is 0 Å². The van der Waals surface area contributed by atoms with E-state index in [-0.39, 0.29) is 35.8 Å². The van der Waals surface area contributed by atoms with Crippen molar-refractivity contribution >= 4 is 11.9 Å². The summed E-state index contributed by atoms with van der Waals surface area (Å²) in [4.78, 5) is 24.7. The third-order valence-corrected chi connectivity index (χ3v) is 4.30. The van der Waals surface area contributed by atoms with E-state index in [2.05, 4.69) is 0 Å². The largest absolute Gasteiger partial charge is 0.478 e. The number of aromatic carboxylic acids is 1. The highest BCUT2D eigenvalue weighted by Gasteiger charge is 2.34. The summed E-state index contributed by atoms with van der Waals surface area (Å²) in [6.07, 6.45) is -4.60. The first-order valence-electron chi connectivity index (χ1n) is 8.23. The summed E-state index contributed by atoms with van der Waals surface area (Å²) in [5.74, 6) is -1.61. The van der Waals surface area contributed by atoms with E-state index in [1.54, 1.807) is 6.92 Å². The first-order chi connectivity index (χ1) is 12.5. The van der Waals surface area contributed by atoms with Crippen molar-refractivity contribution in [2.45, 2.75) is 38.9 Å². The standard InChI is InChI=1S/C19H20F3NO4/c1-11(14-6-4-5-7-16(14)19(20,21)22)8-17(24)23(3)10-13-9-15(18(25)26)12(2)27-13/h4-7,9,11H,8,10H2,1-3H3,(H,25,26). The van der Waals surface area contributed by atoms with Gasteiger partial charge in [0.15, 0.2) is 0 Å². The molecule has 5 nitrogen and oxygen atoms in total. The number of aryl methyl sites for hydroxylation is 1. The molecule has 2 aromatic rings. The fourth-order valence-corrected chi connectivity index (χ4v) is 2.87. The number of carbonyl (C=O) groups is 2. The fraction of sp³-hybridized carbons (Fsp3) is 0.368. The van der Waals surface area contributed by atoms with Crippen LogP contribution in [0, 0.1) is 6.92 Å². The second-order valence-electron chi connectivity index (χ2n) is 6.43. The third kappa shape index (κ3) is 4.90. The van der Waals surface area contributed by atoms with Crippen molar-refractivity contribution in [1.29, 1.82) is 0 Å². The van der Waals surface area contributed by atoms with Gasteiger partial charge in [-0.05, 0) is 30.5 Å². The first-order valence-corrected chi connectivity index (χ1v) is 8.23. The van der Waals surface area contributed by atoms with Gasteiger partial charge in [0.25, 0.3) is 0 Å². The molecule has 1 aromatic carbocycles. The molecule has 8 heteroatoms. The molecule has 1 amide bonds. The average Bonchev–Trinajstić information content (AvgIpc) is 2.94. The van der Waals surface area contributed by atoms with Gasteiger partial charge in [-0.3, -0.25) is 4.79 Å². The van der Waals surface area contributed by atoms with Gasteiger partial charge in [-0.25, -0.2) is 4.79 Å². The fourth-order valence-electron chi connectivity index (χ4n) is 2.87. The molecule has 0 aliphatic heterocycles. The second-order valence-corrected chi connectivity index (χ2v) is 6.43. The Labute approximate surface area is 154 Å². The summed E-state index contributed by atoms with van der Waals surface area (Å²) < 4.78 is 44.8. The van der Waals surface area contributed by atoms with Crippen LogP contribution in [-0.2, 0) is 17.5 Å². The maximum Gasteiger partial charge on any atom is 0.416 e. The minimum atomic E-state index is -4.49. The van der Waals surface area contributed by atoms with Crippen molar-refractivity contribution in [2.75, 3.05) is 7.05 Å². The predicted molar refractivity (Wildman–Crippen MR) is 91.4 cm³/mol. The summed E-state index contributed by atoms with van der Waals surface area (Å²) in [7, 11) is 1.49. The lowest BCUT2D eigenvalue weighted by molar-refractivity contribution is -0.139. The summed E-state index contributed by atoms with van der Waals surface area (Å²) in [5.41, 5.74) is -0.673. The molecule has 1 unspecified atom stereocenters. The van der Waals surface area contributed by atoms with Gasteiger partial charge in [0.05, 0.1) is 12.1 Å². The monoisotopic (exact) mass is 383 g/mol. The van der Waals surface area contributed by atoms with Gasteiger partial charge in [0, 0.05) is 13.5 Å². The molecule has 0 aliphatic rings. The molecule has 1 heterocycles. The van der Waals surface area contributed by atoms with Gasteiger partial charge >= 0.3 is 12.1 Å². The number of alkyl halides is 3. The van der Waals surface area contributed by atoms with E-state index in [0.717, 1.165) is 6.07 Å². The summed E-state index contributed by atoms with van der Waals surface area (Å²) >= 11 is 0. The number of furan rings is 1. The number of carbonyl (C=O) groups excluding carboxylic acids is 1. The smallest absolute Gasteiger partial charge is 0.416 e. The van der Waals surface area contributed by atoms with Crippen LogP contribution in [0.25, 0.3) is 0 Å². The minimum absolute atomic E-state index is 0.0123. The lowest BCUT2D eigenvalue weighted by atomic mass is 9.92. The molecule has 2 rings (SSSR count). The van der Waals surface area contributed by atoms with E-state index >= 15 is 0 Å². The highest BCUT2D eigenvalue weighted by molar-refractivity contribution is 5.88. The zero-order valence-electron chi connectivity index (χ0n) is 15.1. The molecule has 0 saturated carbocycles. The summed E-state index contributed by atoms with van der Waals surface area (Å²) in [6, 6.07) is 6.53. The van der Waals surface area contributed by atoms with Crippen LogP contribution in [-0.4, -0.2) is 28.9 Å². The Morgan fingerprint density at radius 2 is 1.89 bits per heavy atom. The van der Waals surface area contributed by atoms with Gasteiger partial charge in [-0.2, -0.15) is 13.2 Å². The van der Waals surface area contributed by atoms with E-state index in [0.29, 0.717) is 5.76 Å². The number of carboxylic acids is 1. The van der Waals surface area contributed by atoms with Crippen LogP contribution in [0.4, 0.5) is 13.2 Å². The molecule has 1 N–H and O–H groups in total. The van der Waals surface area contributed by atoms with Crippen LogP contribution in [0.3, 0.4) is 0 Å². The van der Waals surface area contributed by atoms with Crippen molar-refractivity contribution in [3.63, 3.8) is 0 Å². The number of rotatable bonds is 6. The Kier molecular flexibility index (Phi) is 5.98.